The molecular weight excluding hydrogens is 385 g/mol. The van der Waals surface area contributed by atoms with Gasteiger partial charge in [-0.2, -0.15) is 5.10 Å². The Morgan fingerprint density at radius 1 is 1.21 bits per heavy atom. The molecule has 7 nitrogen and oxygen atoms in total. The van der Waals surface area contributed by atoms with Crippen LogP contribution in [0.2, 0.25) is 0 Å². The molecule has 3 heterocycles. The van der Waals surface area contributed by atoms with Gasteiger partial charge in [0.05, 0.1) is 12.2 Å². The van der Waals surface area contributed by atoms with E-state index in [9.17, 15) is 14.0 Å². The van der Waals surface area contributed by atoms with Gasteiger partial charge >= 0.3 is 0 Å². The second-order valence-corrected chi connectivity index (χ2v) is 6.98. The van der Waals surface area contributed by atoms with Crippen molar-refractivity contribution in [2.24, 2.45) is 0 Å². The van der Waals surface area contributed by atoms with Gasteiger partial charge in [0.25, 0.3) is 5.91 Å². The number of aromatic nitrogens is 2. The Hall–Kier alpha value is -2.45. The highest BCUT2D eigenvalue weighted by Crippen LogP contribution is 2.21. The largest absolute Gasteiger partial charge is 0.336 e. The molecular formula is C19H23ClFN5O2. The van der Waals surface area contributed by atoms with Crippen molar-refractivity contribution in [3.63, 3.8) is 0 Å². The summed E-state index contributed by atoms with van der Waals surface area (Å²) in [5.41, 5.74) is 1.75. The summed E-state index contributed by atoms with van der Waals surface area (Å²) in [6.07, 6.45) is 1.78. The number of carbonyl (C=O) groups excluding carboxylic acids is 2. The van der Waals surface area contributed by atoms with Crippen LogP contribution >= 0.6 is 12.4 Å². The molecule has 0 spiro atoms. The minimum atomic E-state index is -0.313. The summed E-state index contributed by atoms with van der Waals surface area (Å²) < 4.78 is 13.1. The molecule has 0 bridgehead atoms. The van der Waals surface area contributed by atoms with Crippen molar-refractivity contribution in [3.05, 3.63) is 41.8 Å². The predicted octanol–water partition coefficient (Wildman–Crippen LogP) is 1.67. The topological polar surface area (TPSA) is 81.3 Å². The van der Waals surface area contributed by atoms with Crippen molar-refractivity contribution >= 4 is 24.2 Å². The summed E-state index contributed by atoms with van der Waals surface area (Å²) in [5.74, 6) is -0.337. The molecule has 1 aromatic carbocycles. The number of amides is 2. The van der Waals surface area contributed by atoms with Crippen LogP contribution in [0.5, 0.6) is 0 Å². The van der Waals surface area contributed by atoms with Gasteiger partial charge in [-0.05, 0) is 43.2 Å². The van der Waals surface area contributed by atoms with Crippen molar-refractivity contribution < 1.29 is 14.0 Å². The molecule has 9 heteroatoms. The van der Waals surface area contributed by atoms with Crippen LogP contribution < -0.4 is 5.32 Å². The second-order valence-electron chi connectivity index (χ2n) is 6.98. The molecule has 4 rings (SSSR count). The molecule has 1 aromatic heterocycles. The molecule has 0 aliphatic carbocycles. The molecule has 1 atom stereocenters. The summed E-state index contributed by atoms with van der Waals surface area (Å²) in [6, 6.07) is 7.75. The monoisotopic (exact) mass is 407 g/mol. The molecule has 2 amide bonds. The average Bonchev–Trinajstić information content (AvgIpc) is 3.18. The Kier molecular flexibility index (Phi) is 6.31. The maximum atomic E-state index is 13.1. The number of piperidine rings is 1. The Morgan fingerprint density at radius 2 is 2.00 bits per heavy atom. The van der Waals surface area contributed by atoms with E-state index in [2.05, 4.69) is 15.5 Å². The first-order chi connectivity index (χ1) is 13.1. The molecule has 0 radical (unpaired) electrons. The van der Waals surface area contributed by atoms with E-state index in [-0.39, 0.29) is 36.1 Å². The number of nitrogens with zero attached hydrogens (tertiary/aromatic N) is 3. The van der Waals surface area contributed by atoms with Gasteiger partial charge in [-0.25, -0.2) is 4.39 Å². The van der Waals surface area contributed by atoms with Crippen molar-refractivity contribution in [2.75, 3.05) is 32.7 Å². The predicted molar refractivity (Wildman–Crippen MR) is 105 cm³/mol. The second kappa shape index (κ2) is 8.70. The smallest absolute Gasteiger partial charge is 0.271 e. The van der Waals surface area contributed by atoms with Crippen molar-refractivity contribution in [2.45, 2.75) is 18.9 Å². The zero-order chi connectivity index (χ0) is 18.8. The number of halogens is 2. The lowest BCUT2D eigenvalue weighted by molar-refractivity contribution is -0.135. The number of benzene rings is 1. The number of hydrogen-bond acceptors (Lipinski definition) is 4. The lowest BCUT2D eigenvalue weighted by atomic mass is 10.0. The van der Waals surface area contributed by atoms with Crippen LogP contribution in [0, 0.1) is 5.82 Å². The summed E-state index contributed by atoms with van der Waals surface area (Å²) in [7, 11) is 0. The highest BCUT2D eigenvalue weighted by Gasteiger charge is 2.32. The third-order valence-corrected chi connectivity index (χ3v) is 5.20. The number of piperazine rings is 1. The molecule has 0 saturated carbocycles. The number of rotatable bonds is 3. The van der Waals surface area contributed by atoms with Crippen LogP contribution in [0.3, 0.4) is 0 Å². The zero-order valence-electron chi connectivity index (χ0n) is 15.4. The van der Waals surface area contributed by atoms with Gasteiger partial charge in [0.1, 0.15) is 11.5 Å². The normalized spacial score (nSPS) is 20.0. The first-order valence-electron chi connectivity index (χ1n) is 9.22. The van der Waals surface area contributed by atoms with Crippen molar-refractivity contribution in [3.8, 4) is 11.3 Å². The highest BCUT2D eigenvalue weighted by molar-refractivity contribution is 5.93. The summed E-state index contributed by atoms with van der Waals surface area (Å²) in [6.45, 7) is 3.05. The molecule has 1 unspecified atom stereocenters. The molecule has 2 aliphatic rings. The summed E-state index contributed by atoms with van der Waals surface area (Å²) >= 11 is 0. The van der Waals surface area contributed by atoms with E-state index in [0.29, 0.717) is 37.6 Å². The number of nitrogens with one attached hydrogen (secondary N) is 2. The van der Waals surface area contributed by atoms with Crippen molar-refractivity contribution in [1.82, 2.24) is 25.3 Å². The van der Waals surface area contributed by atoms with Crippen LogP contribution in [0.1, 0.15) is 23.3 Å². The number of carbonyl (C=O) groups is 2. The van der Waals surface area contributed by atoms with Crippen LogP contribution in [0.25, 0.3) is 11.3 Å². The molecule has 2 aromatic rings. The van der Waals surface area contributed by atoms with Gasteiger partial charge in [0.2, 0.25) is 5.91 Å². The maximum absolute atomic E-state index is 13.1. The van der Waals surface area contributed by atoms with Crippen LogP contribution in [0.4, 0.5) is 4.39 Å². The van der Waals surface area contributed by atoms with E-state index in [1.54, 1.807) is 23.1 Å². The van der Waals surface area contributed by atoms with Crippen LogP contribution in [-0.2, 0) is 4.79 Å². The van der Waals surface area contributed by atoms with Gasteiger partial charge in [0.15, 0.2) is 0 Å². The van der Waals surface area contributed by atoms with E-state index in [1.807, 2.05) is 4.90 Å². The maximum Gasteiger partial charge on any atom is 0.271 e. The van der Waals surface area contributed by atoms with Crippen molar-refractivity contribution in [1.29, 1.82) is 0 Å². The first-order valence-corrected chi connectivity index (χ1v) is 9.22. The number of aromatic amines is 1. The first kappa shape index (κ1) is 20.3. The number of H-pyrrole nitrogens is 1. The Bertz CT molecular complexity index is 841. The van der Waals surface area contributed by atoms with E-state index in [1.165, 1.54) is 12.1 Å². The third kappa shape index (κ3) is 4.18. The average molecular weight is 408 g/mol. The Morgan fingerprint density at radius 3 is 2.75 bits per heavy atom. The number of hydrogen-bond donors (Lipinski definition) is 2. The minimum absolute atomic E-state index is 0. The van der Waals surface area contributed by atoms with Gasteiger partial charge in [-0.3, -0.25) is 14.7 Å². The minimum Gasteiger partial charge on any atom is -0.336 e. The number of likely N-dealkylation sites (tertiary alicyclic amines) is 1. The summed E-state index contributed by atoms with van der Waals surface area (Å²) in [5, 5.41) is 10.1. The van der Waals surface area contributed by atoms with Crippen LogP contribution in [0.15, 0.2) is 30.3 Å². The molecule has 2 aliphatic heterocycles. The fraction of sp³-hybridized carbons (Fsp3) is 0.421. The Balaban J connectivity index is 0.00000225. The summed E-state index contributed by atoms with van der Waals surface area (Å²) in [4.78, 5) is 28.7. The van der Waals surface area contributed by atoms with Gasteiger partial charge < -0.3 is 15.1 Å². The Labute approximate surface area is 168 Å². The quantitative estimate of drug-likeness (QED) is 0.811. The van der Waals surface area contributed by atoms with Gasteiger partial charge in [-0.1, -0.05) is 0 Å². The van der Waals surface area contributed by atoms with E-state index < -0.39 is 0 Å². The zero-order valence-corrected chi connectivity index (χ0v) is 16.2. The fourth-order valence-corrected chi connectivity index (χ4v) is 3.77. The fourth-order valence-electron chi connectivity index (χ4n) is 3.77. The molecule has 150 valence electrons. The molecule has 2 N–H and O–H groups in total. The lowest BCUT2D eigenvalue weighted by Crippen LogP contribution is -2.57. The standard InChI is InChI=1S/C19H22FN5O2.ClH/c20-14-5-3-13(4-6-14)16-10-17(23-22-16)19(27)24-8-1-2-15(12-24)25-9-7-21-11-18(25)26;/h3-6,10,15,21H,1-2,7-9,11-12H2,(H,22,23);1H. The van der Waals surface area contributed by atoms with Crippen LogP contribution in [-0.4, -0.2) is 70.6 Å². The molecule has 2 saturated heterocycles. The van der Waals surface area contributed by atoms with E-state index in [0.717, 1.165) is 24.9 Å². The lowest BCUT2D eigenvalue weighted by Gasteiger charge is -2.41. The molecule has 28 heavy (non-hydrogen) atoms. The SMILES string of the molecule is Cl.O=C(c1cc(-c2ccc(F)cc2)n[nH]1)N1CCCC(N2CCNCC2=O)C1. The van der Waals surface area contributed by atoms with E-state index in [4.69, 9.17) is 0 Å². The highest BCUT2D eigenvalue weighted by atomic mass is 35.5. The van der Waals surface area contributed by atoms with Gasteiger partial charge in [0, 0.05) is 37.8 Å². The van der Waals surface area contributed by atoms with E-state index >= 15 is 0 Å². The third-order valence-electron chi connectivity index (χ3n) is 5.20. The molecule has 2 fully saturated rings. The van der Waals surface area contributed by atoms with Gasteiger partial charge in [-0.15, -0.1) is 12.4 Å².